The van der Waals surface area contributed by atoms with Crippen LogP contribution in [-0.4, -0.2) is 9.55 Å². The van der Waals surface area contributed by atoms with Gasteiger partial charge in [-0.2, -0.15) is 0 Å². The first-order chi connectivity index (χ1) is 7.20. The third-order valence-corrected chi connectivity index (χ3v) is 2.28. The fourth-order valence-corrected chi connectivity index (χ4v) is 1.51. The van der Waals surface area contributed by atoms with Gasteiger partial charge in [0.1, 0.15) is 5.82 Å². The van der Waals surface area contributed by atoms with Crippen molar-refractivity contribution < 1.29 is 4.39 Å². The summed E-state index contributed by atoms with van der Waals surface area (Å²) in [5, 5.41) is 0. The fraction of sp³-hybridized carbons (Fsp3) is 0.182. The number of rotatable bonds is 2. The van der Waals surface area contributed by atoms with Crippen LogP contribution >= 0.6 is 0 Å². The van der Waals surface area contributed by atoms with Gasteiger partial charge in [0.05, 0.1) is 12.0 Å². The van der Waals surface area contributed by atoms with E-state index in [0.29, 0.717) is 6.54 Å². The molecule has 0 amide bonds. The van der Waals surface area contributed by atoms with Crippen LogP contribution in [0.2, 0.25) is 0 Å². The van der Waals surface area contributed by atoms with Crippen LogP contribution in [0.3, 0.4) is 0 Å². The molecule has 78 valence electrons. The standard InChI is InChI=1S/C11H12FN3/c1-8-4-9(12)2-3-11(8)15-6-10(5-13)14-7-15/h2-4,6-7H,5,13H2,1H3. The summed E-state index contributed by atoms with van der Waals surface area (Å²) in [5.41, 5.74) is 8.08. The molecule has 2 aromatic rings. The molecule has 2 rings (SSSR count). The molecule has 0 spiro atoms. The molecule has 1 aromatic carbocycles. The van der Waals surface area contributed by atoms with Crippen molar-refractivity contribution in [2.24, 2.45) is 5.73 Å². The maximum Gasteiger partial charge on any atom is 0.123 e. The van der Waals surface area contributed by atoms with Crippen molar-refractivity contribution >= 4 is 0 Å². The molecular weight excluding hydrogens is 193 g/mol. The third kappa shape index (κ3) is 1.89. The van der Waals surface area contributed by atoms with E-state index in [9.17, 15) is 4.39 Å². The van der Waals surface area contributed by atoms with Gasteiger partial charge >= 0.3 is 0 Å². The molecule has 0 aliphatic heterocycles. The van der Waals surface area contributed by atoms with E-state index in [4.69, 9.17) is 5.73 Å². The summed E-state index contributed by atoms with van der Waals surface area (Å²) in [4.78, 5) is 4.12. The number of aromatic nitrogens is 2. The Kier molecular flexibility index (Phi) is 2.51. The summed E-state index contributed by atoms with van der Waals surface area (Å²) in [6.45, 7) is 2.27. The molecule has 0 bridgehead atoms. The molecule has 1 aromatic heterocycles. The summed E-state index contributed by atoms with van der Waals surface area (Å²) in [5.74, 6) is -0.226. The highest BCUT2D eigenvalue weighted by atomic mass is 19.1. The third-order valence-electron chi connectivity index (χ3n) is 2.28. The highest BCUT2D eigenvalue weighted by Gasteiger charge is 2.03. The first-order valence-electron chi connectivity index (χ1n) is 4.70. The maximum absolute atomic E-state index is 12.9. The molecule has 0 unspecified atom stereocenters. The van der Waals surface area contributed by atoms with Gasteiger partial charge in [0.15, 0.2) is 0 Å². The summed E-state index contributed by atoms with van der Waals surface area (Å²) in [6.07, 6.45) is 3.53. The SMILES string of the molecule is Cc1cc(F)ccc1-n1cnc(CN)c1. The number of benzene rings is 1. The Morgan fingerprint density at radius 2 is 2.27 bits per heavy atom. The lowest BCUT2D eigenvalue weighted by molar-refractivity contribution is 0.626. The van der Waals surface area contributed by atoms with E-state index in [1.165, 1.54) is 12.1 Å². The van der Waals surface area contributed by atoms with Gasteiger partial charge in [-0.25, -0.2) is 9.37 Å². The number of nitrogens with two attached hydrogens (primary N) is 1. The zero-order chi connectivity index (χ0) is 10.8. The maximum atomic E-state index is 12.9. The van der Waals surface area contributed by atoms with E-state index in [1.54, 1.807) is 12.4 Å². The van der Waals surface area contributed by atoms with Gasteiger partial charge in [-0.3, -0.25) is 0 Å². The lowest BCUT2D eigenvalue weighted by Gasteiger charge is -2.05. The molecule has 0 aliphatic carbocycles. The lowest BCUT2D eigenvalue weighted by atomic mass is 10.2. The van der Waals surface area contributed by atoms with E-state index in [0.717, 1.165) is 16.9 Å². The first-order valence-corrected chi connectivity index (χ1v) is 4.70. The van der Waals surface area contributed by atoms with Crippen LogP contribution in [0.4, 0.5) is 4.39 Å². The first kappa shape index (κ1) is 9.86. The van der Waals surface area contributed by atoms with Crippen LogP contribution in [0.1, 0.15) is 11.3 Å². The molecule has 0 saturated heterocycles. The van der Waals surface area contributed by atoms with Gasteiger partial charge < -0.3 is 10.3 Å². The predicted molar refractivity (Wildman–Crippen MR) is 56.2 cm³/mol. The van der Waals surface area contributed by atoms with E-state index < -0.39 is 0 Å². The molecule has 0 saturated carbocycles. The van der Waals surface area contributed by atoms with Crippen LogP contribution in [0.15, 0.2) is 30.7 Å². The number of aryl methyl sites for hydroxylation is 1. The summed E-state index contributed by atoms with van der Waals surface area (Å²) in [7, 11) is 0. The van der Waals surface area contributed by atoms with Gasteiger partial charge in [-0.15, -0.1) is 0 Å². The van der Waals surface area contributed by atoms with E-state index in [2.05, 4.69) is 4.98 Å². The summed E-state index contributed by atoms with van der Waals surface area (Å²) in [6, 6.07) is 4.66. The quantitative estimate of drug-likeness (QED) is 0.812. The van der Waals surface area contributed by atoms with Gasteiger partial charge in [-0.1, -0.05) is 0 Å². The Balaban J connectivity index is 2.44. The second-order valence-electron chi connectivity index (χ2n) is 3.41. The van der Waals surface area contributed by atoms with Crippen molar-refractivity contribution in [3.63, 3.8) is 0 Å². The fourth-order valence-electron chi connectivity index (χ4n) is 1.51. The smallest absolute Gasteiger partial charge is 0.123 e. The predicted octanol–water partition coefficient (Wildman–Crippen LogP) is 1.78. The number of hydrogen-bond donors (Lipinski definition) is 1. The Bertz CT molecular complexity index is 476. The normalized spacial score (nSPS) is 10.6. The molecule has 3 nitrogen and oxygen atoms in total. The van der Waals surface area contributed by atoms with Gasteiger partial charge in [0.25, 0.3) is 0 Å². The molecule has 0 fully saturated rings. The molecule has 0 radical (unpaired) electrons. The number of imidazole rings is 1. The highest BCUT2D eigenvalue weighted by Crippen LogP contribution is 2.15. The van der Waals surface area contributed by atoms with Crippen LogP contribution in [-0.2, 0) is 6.54 Å². The van der Waals surface area contributed by atoms with Crippen LogP contribution in [0.5, 0.6) is 0 Å². The number of halogens is 1. The average Bonchev–Trinajstić information content (AvgIpc) is 2.66. The van der Waals surface area contributed by atoms with E-state index >= 15 is 0 Å². The zero-order valence-electron chi connectivity index (χ0n) is 8.44. The van der Waals surface area contributed by atoms with Crippen molar-refractivity contribution in [3.05, 3.63) is 47.8 Å². The second-order valence-corrected chi connectivity index (χ2v) is 3.41. The summed E-state index contributed by atoms with van der Waals surface area (Å²) >= 11 is 0. The van der Waals surface area contributed by atoms with E-state index in [-0.39, 0.29) is 5.82 Å². The van der Waals surface area contributed by atoms with Crippen molar-refractivity contribution in [1.29, 1.82) is 0 Å². The van der Waals surface area contributed by atoms with Crippen molar-refractivity contribution in [2.45, 2.75) is 13.5 Å². The van der Waals surface area contributed by atoms with Gasteiger partial charge in [0, 0.05) is 18.4 Å². The van der Waals surface area contributed by atoms with Crippen LogP contribution in [0, 0.1) is 12.7 Å². The van der Waals surface area contributed by atoms with Crippen LogP contribution in [0.25, 0.3) is 5.69 Å². The van der Waals surface area contributed by atoms with Crippen molar-refractivity contribution in [3.8, 4) is 5.69 Å². The molecule has 4 heteroatoms. The number of nitrogens with zero attached hydrogens (tertiary/aromatic N) is 2. The molecule has 0 aliphatic rings. The van der Waals surface area contributed by atoms with E-state index in [1.807, 2.05) is 17.7 Å². The Labute approximate surface area is 87.4 Å². The molecule has 2 N–H and O–H groups in total. The van der Waals surface area contributed by atoms with Gasteiger partial charge in [0.2, 0.25) is 0 Å². The Hall–Kier alpha value is -1.68. The topological polar surface area (TPSA) is 43.8 Å². The lowest BCUT2D eigenvalue weighted by Crippen LogP contribution is -1.97. The molecule has 15 heavy (non-hydrogen) atoms. The Morgan fingerprint density at radius 1 is 1.47 bits per heavy atom. The Morgan fingerprint density at radius 3 is 2.87 bits per heavy atom. The van der Waals surface area contributed by atoms with Gasteiger partial charge in [-0.05, 0) is 30.7 Å². The molecule has 1 heterocycles. The minimum Gasteiger partial charge on any atom is -0.325 e. The van der Waals surface area contributed by atoms with Crippen molar-refractivity contribution in [2.75, 3.05) is 0 Å². The molecule has 0 atom stereocenters. The minimum absolute atomic E-state index is 0.226. The van der Waals surface area contributed by atoms with Crippen LogP contribution < -0.4 is 5.73 Å². The molecular formula is C11H12FN3. The zero-order valence-corrected chi connectivity index (χ0v) is 8.44. The number of hydrogen-bond acceptors (Lipinski definition) is 2. The summed E-state index contributed by atoms with van der Waals surface area (Å²) < 4.78 is 14.7. The second kappa shape index (κ2) is 3.82. The monoisotopic (exact) mass is 205 g/mol. The minimum atomic E-state index is -0.226. The largest absolute Gasteiger partial charge is 0.325 e. The van der Waals surface area contributed by atoms with Crippen molar-refractivity contribution in [1.82, 2.24) is 9.55 Å². The highest BCUT2D eigenvalue weighted by molar-refractivity contribution is 5.40. The average molecular weight is 205 g/mol.